The van der Waals surface area contributed by atoms with Gasteiger partial charge in [-0.3, -0.25) is 29.5 Å². The van der Waals surface area contributed by atoms with Gasteiger partial charge in [-0.15, -0.1) is 0 Å². The fourth-order valence-electron chi connectivity index (χ4n) is 5.66. The van der Waals surface area contributed by atoms with E-state index in [9.17, 15) is 24.5 Å². The highest BCUT2D eigenvalue weighted by Gasteiger charge is 2.75. The third kappa shape index (κ3) is 3.53. The molecular formula is C27H27N3O7. The van der Waals surface area contributed by atoms with Crippen molar-refractivity contribution in [2.24, 2.45) is 15.9 Å². The largest absolute Gasteiger partial charge is 0.422 e. The highest BCUT2D eigenvalue weighted by Crippen LogP contribution is 2.63. The minimum absolute atomic E-state index is 0.235. The number of cyclic esters (lactones) is 2. The number of ether oxygens (including phenoxy) is 2. The lowest BCUT2D eigenvalue weighted by Gasteiger charge is -2.44. The second-order valence-electron chi connectivity index (χ2n) is 11.1. The summed E-state index contributed by atoms with van der Waals surface area (Å²) in [4.78, 5) is 53.3. The lowest BCUT2D eigenvalue weighted by atomic mass is 9.64. The van der Waals surface area contributed by atoms with E-state index in [-0.39, 0.29) is 17.0 Å². The smallest absolute Gasteiger partial charge is 0.330 e. The summed E-state index contributed by atoms with van der Waals surface area (Å²) in [5, 5.41) is 17.7. The normalized spacial score (nSPS) is 25.2. The number of benzene rings is 2. The van der Waals surface area contributed by atoms with Crippen molar-refractivity contribution in [1.29, 1.82) is 0 Å². The highest BCUT2D eigenvalue weighted by molar-refractivity contribution is 6.07. The first-order valence-electron chi connectivity index (χ1n) is 12.0. The number of Topliss-reactive ketones (excluding diaryl/α,β-unsaturated/α-hetero) is 1. The number of hydrazone groups is 1. The predicted octanol–water partition coefficient (Wildman–Crippen LogP) is 3.89. The van der Waals surface area contributed by atoms with Gasteiger partial charge in [-0.05, 0) is 16.7 Å². The first kappa shape index (κ1) is 24.6. The number of nitro groups is 1. The highest BCUT2D eigenvalue weighted by atomic mass is 16.7. The van der Waals surface area contributed by atoms with Crippen molar-refractivity contribution in [2.75, 3.05) is 0 Å². The standard InChI is InChI=1S/C27H27N3O7/c1-25(2,3)22(31)20-19(15-10-8-11-17(13-15)30(34)35)27(23(32)36-26(4,5)37-24(27)33)21-18-12-7-6-9-16(18)14-28-29(20)21/h6-14,19-21H,1-5H3/t19-,20+,21+/m1/s1. The molecule has 10 heteroatoms. The van der Waals surface area contributed by atoms with Crippen molar-refractivity contribution in [1.82, 2.24) is 5.01 Å². The van der Waals surface area contributed by atoms with E-state index in [1.807, 2.05) is 0 Å². The zero-order chi connectivity index (χ0) is 26.9. The molecular weight excluding hydrogens is 478 g/mol. The minimum atomic E-state index is -2.05. The Morgan fingerprint density at radius 3 is 2.32 bits per heavy atom. The number of ketones is 1. The average molecular weight is 506 g/mol. The summed E-state index contributed by atoms with van der Waals surface area (Å²) < 4.78 is 11.4. The van der Waals surface area contributed by atoms with Crippen LogP contribution in [0.4, 0.5) is 5.69 Å². The fourth-order valence-corrected chi connectivity index (χ4v) is 5.66. The van der Waals surface area contributed by atoms with Gasteiger partial charge in [0.2, 0.25) is 5.41 Å². The summed E-state index contributed by atoms with van der Waals surface area (Å²) in [6.07, 6.45) is 1.59. The number of nitrogens with zero attached hydrogens (tertiary/aromatic N) is 3. The Bertz CT molecular complexity index is 1350. The Hall–Kier alpha value is -4.08. The molecule has 0 bridgehead atoms. The number of hydrogen-bond acceptors (Lipinski definition) is 9. The molecule has 10 nitrogen and oxygen atoms in total. The van der Waals surface area contributed by atoms with Gasteiger partial charge in [-0.25, -0.2) is 0 Å². The molecule has 0 amide bonds. The summed E-state index contributed by atoms with van der Waals surface area (Å²) in [5.74, 6) is -4.72. The van der Waals surface area contributed by atoms with Crippen LogP contribution in [0, 0.1) is 20.9 Å². The molecule has 2 fully saturated rings. The SMILES string of the molecule is CC1(C)OC(=O)C2(C(=O)O1)[C@H](c1cccc([N+](=O)[O-])c1)[C@@H](C(=O)C(C)(C)C)N1N=Cc3ccccc3[C@H]12. The van der Waals surface area contributed by atoms with Crippen molar-refractivity contribution in [3.05, 3.63) is 75.3 Å². The van der Waals surface area contributed by atoms with Crippen LogP contribution in [0.25, 0.3) is 0 Å². The second-order valence-corrected chi connectivity index (χ2v) is 11.1. The molecule has 2 aromatic carbocycles. The molecule has 2 saturated heterocycles. The Balaban J connectivity index is 1.86. The van der Waals surface area contributed by atoms with E-state index < -0.39 is 51.5 Å². The first-order valence-corrected chi connectivity index (χ1v) is 12.0. The van der Waals surface area contributed by atoms with Crippen LogP contribution in [0.1, 0.15) is 63.3 Å². The van der Waals surface area contributed by atoms with Crippen LogP contribution in [0.3, 0.4) is 0 Å². The van der Waals surface area contributed by atoms with E-state index >= 15 is 0 Å². The van der Waals surface area contributed by atoms with Gasteiger partial charge in [-0.2, -0.15) is 5.10 Å². The quantitative estimate of drug-likeness (QED) is 0.266. The number of carbonyl (C=O) groups excluding carboxylic acids is 3. The summed E-state index contributed by atoms with van der Waals surface area (Å²) in [6.45, 7) is 8.12. The average Bonchev–Trinajstić information content (AvgIpc) is 3.13. The van der Waals surface area contributed by atoms with Gasteiger partial charge in [0.05, 0.1) is 11.1 Å². The van der Waals surface area contributed by atoms with Crippen LogP contribution in [0.15, 0.2) is 53.6 Å². The fraction of sp³-hybridized carbons (Fsp3) is 0.407. The maximum absolute atomic E-state index is 14.1. The predicted molar refractivity (Wildman–Crippen MR) is 131 cm³/mol. The van der Waals surface area contributed by atoms with Crippen molar-refractivity contribution in [2.45, 2.75) is 58.4 Å². The van der Waals surface area contributed by atoms with Crippen molar-refractivity contribution in [3.8, 4) is 0 Å². The molecule has 37 heavy (non-hydrogen) atoms. The van der Waals surface area contributed by atoms with E-state index in [0.29, 0.717) is 11.1 Å². The number of fused-ring (bicyclic) bond motifs is 4. The van der Waals surface area contributed by atoms with Crippen LogP contribution < -0.4 is 0 Å². The van der Waals surface area contributed by atoms with Crippen LogP contribution in [0.5, 0.6) is 0 Å². The van der Waals surface area contributed by atoms with Gasteiger partial charge < -0.3 is 9.47 Å². The maximum atomic E-state index is 14.1. The molecule has 2 aromatic rings. The van der Waals surface area contributed by atoms with Crippen LogP contribution in [-0.4, -0.2) is 45.7 Å². The zero-order valence-corrected chi connectivity index (χ0v) is 21.1. The van der Waals surface area contributed by atoms with Crippen LogP contribution in [-0.2, 0) is 23.9 Å². The molecule has 1 spiro atoms. The van der Waals surface area contributed by atoms with Gasteiger partial charge in [0.1, 0.15) is 12.1 Å². The Kier molecular flexibility index (Phi) is 5.29. The Morgan fingerprint density at radius 2 is 1.70 bits per heavy atom. The van der Waals surface area contributed by atoms with Gasteiger partial charge in [-0.1, -0.05) is 57.2 Å². The molecule has 5 rings (SSSR count). The maximum Gasteiger partial charge on any atom is 0.330 e. The van der Waals surface area contributed by atoms with Crippen LogP contribution >= 0.6 is 0 Å². The summed E-state index contributed by atoms with van der Waals surface area (Å²) >= 11 is 0. The van der Waals surface area contributed by atoms with Gasteiger partial charge >= 0.3 is 11.9 Å². The lowest BCUT2D eigenvalue weighted by molar-refractivity contribution is -0.385. The Morgan fingerprint density at radius 1 is 1.05 bits per heavy atom. The van der Waals surface area contributed by atoms with Gasteiger partial charge in [0, 0.05) is 37.3 Å². The third-order valence-electron chi connectivity index (χ3n) is 7.21. The van der Waals surface area contributed by atoms with Crippen LogP contribution in [0.2, 0.25) is 0 Å². The summed E-state index contributed by atoms with van der Waals surface area (Å²) in [7, 11) is 0. The molecule has 3 aliphatic rings. The minimum Gasteiger partial charge on any atom is -0.422 e. The molecule has 3 aliphatic heterocycles. The number of rotatable bonds is 3. The molecule has 0 aliphatic carbocycles. The lowest BCUT2D eigenvalue weighted by Crippen LogP contribution is -2.58. The Labute approximate surface area is 213 Å². The molecule has 0 saturated carbocycles. The van der Waals surface area contributed by atoms with Crippen molar-refractivity contribution < 1.29 is 28.8 Å². The molecule has 3 heterocycles. The van der Waals surface area contributed by atoms with Crippen molar-refractivity contribution >= 4 is 29.6 Å². The topological polar surface area (TPSA) is 128 Å². The molecule has 0 N–H and O–H groups in total. The zero-order valence-electron chi connectivity index (χ0n) is 21.1. The van der Waals surface area contributed by atoms with Gasteiger partial charge in [0.25, 0.3) is 11.5 Å². The van der Waals surface area contributed by atoms with Gasteiger partial charge in [0.15, 0.2) is 5.78 Å². The number of hydrogen-bond donors (Lipinski definition) is 0. The molecule has 0 radical (unpaired) electrons. The number of non-ortho nitro benzene ring substituents is 1. The van der Waals surface area contributed by atoms with E-state index in [2.05, 4.69) is 5.10 Å². The van der Waals surface area contributed by atoms with E-state index in [4.69, 9.17) is 9.47 Å². The first-order chi connectivity index (χ1) is 17.3. The number of nitro benzene ring substituents is 1. The summed E-state index contributed by atoms with van der Waals surface area (Å²) in [5.41, 5.74) is -1.63. The molecule has 3 atom stereocenters. The van der Waals surface area contributed by atoms with E-state index in [1.165, 1.54) is 37.1 Å². The molecule has 192 valence electrons. The van der Waals surface area contributed by atoms with E-state index in [0.717, 1.165) is 0 Å². The monoisotopic (exact) mass is 505 g/mol. The summed E-state index contributed by atoms with van der Waals surface area (Å²) in [6, 6.07) is 10.7. The number of carbonyl (C=O) groups is 3. The third-order valence-corrected chi connectivity index (χ3v) is 7.21. The second kappa shape index (κ2) is 7.96. The van der Waals surface area contributed by atoms with E-state index in [1.54, 1.807) is 57.3 Å². The molecule has 0 unspecified atom stereocenters. The number of esters is 2. The molecule has 0 aromatic heterocycles. The van der Waals surface area contributed by atoms with Crippen molar-refractivity contribution in [3.63, 3.8) is 0 Å².